The van der Waals surface area contributed by atoms with Crippen LogP contribution in [0, 0.1) is 0 Å². The third-order valence-corrected chi connectivity index (χ3v) is 10.2. The number of para-hydroxylation sites is 3. The molecule has 0 spiro atoms. The first-order valence-corrected chi connectivity index (χ1v) is 16.9. The highest BCUT2D eigenvalue weighted by atomic mass is 16.5. The second-order valence-corrected chi connectivity index (χ2v) is 12.9. The average molecular weight is 645 g/mol. The summed E-state index contributed by atoms with van der Waals surface area (Å²) in [6.07, 6.45) is 12.2. The number of allylic oxidation sites excluding steroid dienone is 2. The summed E-state index contributed by atoms with van der Waals surface area (Å²) in [5.41, 5.74) is 10.6. The van der Waals surface area contributed by atoms with Crippen molar-refractivity contribution in [2.24, 2.45) is 0 Å². The lowest BCUT2D eigenvalue weighted by Crippen LogP contribution is -2.17. The summed E-state index contributed by atoms with van der Waals surface area (Å²) in [7, 11) is 0. The van der Waals surface area contributed by atoms with Gasteiger partial charge in [0.25, 0.3) is 0 Å². The molecular formula is C44H28N4O2. The number of furan rings is 1. The van der Waals surface area contributed by atoms with Gasteiger partial charge in [-0.2, -0.15) is 0 Å². The number of rotatable bonds is 4. The van der Waals surface area contributed by atoms with Crippen molar-refractivity contribution in [2.45, 2.75) is 12.0 Å². The van der Waals surface area contributed by atoms with Crippen LogP contribution in [0.3, 0.4) is 0 Å². The second-order valence-electron chi connectivity index (χ2n) is 12.9. The van der Waals surface area contributed by atoms with E-state index in [2.05, 4.69) is 118 Å². The highest BCUT2D eigenvalue weighted by Gasteiger charge is 2.38. The third-order valence-electron chi connectivity index (χ3n) is 10.2. The number of fused-ring (bicyclic) bond motifs is 10. The van der Waals surface area contributed by atoms with Gasteiger partial charge in [-0.1, -0.05) is 85.0 Å². The fourth-order valence-electron chi connectivity index (χ4n) is 8.09. The van der Waals surface area contributed by atoms with Gasteiger partial charge in [0.05, 0.1) is 39.2 Å². The van der Waals surface area contributed by atoms with E-state index in [4.69, 9.17) is 19.1 Å². The van der Waals surface area contributed by atoms with Gasteiger partial charge in [-0.25, -0.2) is 0 Å². The summed E-state index contributed by atoms with van der Waals surface area (Å²) < 4.78 is 18.3. The van der Waals surface area contributed by atoms with Crippen LogP contribution in [0.4, 0.5) is 0 Å². The standard InChI is InChI=1S/C44H28N4O2/c1-5-19-35-27(13-1)41-29-15-3-7-21-39(29)49-43(41)47(35)37-25-31(33-17-9-11-23-45-33)32(34-18-10-12-24-46-34)26-38(37)48-36-20-6-2-14-28(36)42-30-16-4-8-22-40(30)50-44(42)48/h1-26,29,39H. The highest BCUT2D eigenvalue weighted by molar-refractivity contribution is 6.20. The van der Waals surface area contributed by atoms with Crippen molar-refractivity contribution in [2.75, 3.05) is 0 Å². The maximum Gasteiger partial charge on any atom is 0.213 e. The minimum Gasteiger partial charge on any atom is -0.470 e. The van der Waals surface area contributed by atoms with E-state index in [-0.39, 0.29) is 12.0 Å². The maximum atomic E-state index is 6.90. The van der Waals surface area contributed by atoms with Crippen molar-refractivity contribution in [1.82, 2.24) is 19.1 Å². The molecule has 2 atom stereocenters. The number of ether oxygens (including phenoxy) is 1. The molecule has 2 unspecified atom stereocenters. The summed E-state index contributed by atoms with van der Waals surface area (Å²) in [5, 5.41) is 4.50. The minimum absolute atomic E-state index is 0.0677. The minimum atomic E-state index is -0.0677. The Labute approximate surface area is 286 Å². The fourth-order valence-corrected chi connectivity index (χ4v) is 8.09. The lowest BCUT2D eigenvalue weighted by Gasteiger charge is -2.21. The topological polar surface area (TPSA) is 58.0 Å². The van der Waals surface area contributed by atoms with Gasteiger partial charge in [0, 0.05) is 51.2 Å². The highest BCUT2D eigenvalue weighted by Crippen LogP contribution is 2.51. The molecule has 11 rings (SSSR count). The van der Waals surface area contributed by atoms with Crippen molar-refractivity contribution in [3.05, 3.63) is 164 Å². The Balaban J connectivity index is 1.33. The van der Waals surface area contributed by atoms with E-state index in [1.165, 1.54) is 10.9 Å². The summed E-state index contributed by atoms with van der Waals surface area (Å²) in [6.45, 7) is 0. The van der Waals surface area contributed by atoms with Crippen molar-refractivity contribution < 1.29 is 9.15 Å². The molecule has 6 heterocycles. The van der Waals surface area contributed by atoms with Crippen LogP contribution in [0.25, 0.3) is 77.8 Å². The summed E-state index contributed by atoms with van der Waals surface area (Å²) >= 11 is 0. The van der Waals surface area contributed by atoms with Crippen LogP contribution < -0.4 is 4.74 Å². The first-order chi connectivity index (χ1) is 24.8. The van der Waals surface area contributed by atoms with Gasteiger partial charge in [0.1, 0.15) is 11.7 Å². The van der Waals surface area contributed by atoms with Crippen molar-refractivity contribution in [3.63, 3.8) is 0 Å². The van der Waals surface area contributed by atoms with Crippen LogP contribution >= 0.6 is 0 Å². The van der Waals surface area contributed by atoms with Gasteiger partial charge >= 0.3 is 0 Å². The Hall–Kier alpha value is -6.66. The molecule has 0 N–H and O–H groups in total. The summed E-state index contributed by atoms with van der Waals surface area (Å²) in [4.78, 5) is 9.72. The first kappa shape index (κ1) is 27.3. The number of aromatic nitrogens is 4. The summed E-state index contributed by atoms with van der Waals surface area (Å²) in [6, 6.07) is 42.1. The molecule has 6 nitrogen and oxygen atoms in total. The number of pyridine rings is 2. The number of hydrogen-bond donors (Lipinski definition) is 0. The zero-order valence-corrected chi connectivity index (χ0v) is 26.8. The molecule has 0 bridgehead atoms. The van der Waals surface area contributed by atoms with Crippen LogP contribution in [0.2, 0.25) is 0 Å². The molecule has 1 aliphatic carbocycles. The molecule has 1 aliphatic heterocycles. The molecule has 5 aromatic heterocycles. The zero-order valence-electron chi connectivity index (χ0n) is 26.8. The monoisotopic (exact) mass is 644 g/mol. The van der Waals surface area contributed by atoms with Crippen molar-refractivity contribution >= 4 is 43.9 Å². The van der Waals surface area contributed by atoms with Crippen LogP contribution in [0.15, 0.2) is 162 Å². The molecule has 0 saturated carbocycles. The van der Waals surface area contributed by atoms with E-state index in [1.54, 1.807) is 0 Å². The number of hydrogen-bond acceptors (Lipinski definition) is 4. The SMILES string of the molecule is C1=CC2Oc3c(c4ccccc4n3-c3cc(-c4ccccn4)c(-c4ccccn4)cc3-n3c4ccccc4c4c5ccccc5oc43)C2C=C1. The first-order valence-electron chi connectivity index (χ1n) is 16.9. The van der Waals surface area contributed by atoms with Crippen molar-refractivity contribution in [1.29, 1.82) is 0 Å². The number of nitrogens with zero attached hydrogens (tertiary/aromatic N) is 4. The fraction of sp³-hybridized carbons (Fsp3) is 0.0455. The smallest absolute Gasteiger partial charge is 0.213 e. The Kier molecular flexibility index (Phi) is 5.69. The molecule has 4 aromatic carbocycles. The molecule has 0 saturated heterocycles. The molecule has 0 fully saturated rings. The maximum absolute atomic E-state index is 6.90. The molecule has 2 aliphatic rings. The van der Waals surface area contributed by atoms with Gasteiger partial charge < -0.3 is 9.15 Å². The van der Waals surface area contributed by atoms with E-state index in [9.17, 15) is 0 Å². The molecule has 50 heavy (non-hydrogen) atoms. The lowest BCUT2D eigenvalue weighted by molar-refractivity contribution is 0.256. The van der Waals surface area contributed by atoms with E-state index < -0.39 is 0 Å². The Morgan fingerprint density at radius 3 is 1.88 bits per heavy atom. The average Bonchev–Trinajstić information content (AvgIpc) is 3.91. The van der Waals surface area contributed by atoms with E-state index in [0.717, 1.165) is 78.3 Å². The Morgan fingerprint density at radius 1 is 0.560 bits per heavy atom. The molecule has 9 aromatic rings. The van der Waals surface area contributed by atoms with Gasteiger partial charge in [-0.15, -0.1) is 0 Å². The quantitative estimate of drug-likeness (QED) is 0.191. The van der Waals surface area contributed by atoms with Crippen LogP contribution in [0.1, 0.15) is 11.5 Å². The Bertz CT molecular complexity index is 2860. The van der Waals surface area contributed by atoms with Crippen LogP contribution in [-0.4, -0.2) is 25.2 Å². The molecule has 0 amide bonds. The largest absolute Gasteiger partial charge is 0.470 e. The molecular weight excluding hydrogens is 617 g/mol. The van der Waals surface area contributed by atoms with Crippen molar-refractivity contribution in [3.8, 4) is 39.8 Å². The van der Waals surface area contributed by atoms with Crippen LogP contribution in [0.5, 0.6) is 5.88 Å². The number of benzene rings is 4. The molecule has 6 heteroatoms. The van der Waals surface area contributed by atoms with E-state index in [0.29, 0.717) is 0 Å². The predicted molar refractivity (Wildman–Crippen MR) is 199 cm³/mol. The predicted octanol–water partition coefficient (Wildman–Crippen LogP) is 10.6. The molecule has 0 radical (unpaired) electrons. The van der Waals surface area contributed by atoms with Gasteiger partial charge in [-0.3, -0.25) is 19.1 Å². The van der Waals surface area contributed by atoms with Gasteiger partial charge in [0.15, 0.2) is 0 Å². The molecule has 236 valence electrons. The second kappa shape index (κ2) is 10.4. The third kappa shape index (κ3) is 3.78. The lowest BCUT2D eigenvalue weighted by atomic mass is 9.91. The normalized spacial score (nSPS) is 16.4. The van der Waals surface area contributed by atoms with Gasteiger partial charge in [0.2, 0.25) is 11.6 Å². The summed E-state index contributed by atoms with van der Waals surface area (Å²) in [5.74, 6) is 0.982. The van der Waals surface area contributed by atoms with Gasteiger partial charge in [-0.05, 0) is 60.7 Å². The van der Waals surface area contributed by atoms with E-state index in [1.807, 2.05) is 48.8 Å². The van der Waals surface area contributed by atoms with Crippen LogP contribution in [-0.2, 0) is 0 Å². The zero-order chi connectivity index (χ0) is 32.8. The Morgan fingerprint density at radius 2 is 1.16 bits per heavy atom. The van der Waals surface area contributed by atoms with E-state index >= 15 is 0 Å².